The lowest BCUT2D eigenvalue weighted by atomic mass is 10.1. The van der Waals surface area contributed by atoms with Gasteiger partial charge in [-0.05, 0) is 55.3 Å². The van der Waals surface area contributed by atoms with Gasteiger partial charge in [-0.15, -0.1) is 13.2 Å². The Hall–Kier alpha value is -3.32. The van der Waals surface area contributed by atoms with E-state index in [1.807, 2.05) is 38.1 Å². The molecule has 1 fully saturated rings. The zero-order chi connectivity index (χ0) is 29.6. The molecule has 0 aromatic heterocycles. The Kier molecular flexibility index (Phi) is 13.8. The number of rotatable bonds is 8. The summed E-state index contributed by atoms with van der Waals surface area (Å²) in [5.41, 5.74) is 1.19. The van der Waals surface area contributed by atoms with Crippen LogP contribution in [-0.4, -0.2) is 75.6 Å². The molecular formula is C26H36F3N3O6S. The quantitative estimate of drug-likeness (QED) is 0.379. The van der Waals surface area contributed by atoms with Gasteiger partial charge in [0.25, 0.3) is 0 Å². The zero-order valence-electron chi connectivity index (χ0n) is 22.7. The SMILES string of the molecule is CC.CC(=O)N1CCN(S(=O)(=O)c2ccc(OC(F)(F)F)cc2)[C@@H](C)C1.COc1ccc(CCNC=O)cc1. The van der Waals surface area contributed by atoms with E-state index in [1.165, 1.54) is 16.8 Å². The number of methoxy groups -OCH3 is 1. The molecule has 2 amide bonds. The molecule has 0 aliphatic carbocycles. The van der Waals surface area contributed by atoms with Crippen molar-refractivity contribution >= 4 is 22.3 Å². The molecule has 3 rings (SSSR count). The van der Waals surface area contributed by atoms with Crippen LogP contribution in [-0.2, 0) is 26.0 Å². The lowest BCUT2D eigenvalue weighted by molar-refractivity contribution is -0.274. The number of nitrogens with one attached hydrogen (secondary N) is 1. The number of nitrogens with zero attached hydrogens (tertiary/aromatic N) is 2. The monoisotopic (exact) mass is 575 g/mol. The van der Waals surface area contributed by atoms with Gasteiger partial charge in [0, 0.05) is 39.1 Å². The maximum absolute atomic E-state index is 12.6. The Bertz CT molecular complexity index is 1130. The summed E-state index contributed by atoms with van der Waals surface area (Å²) in [5.74, 6) is 0.232. The predicted octanol–water partition coefficient (Wildman–Crippen LogP) is 3.84. The van der Waals surface area contributed by atoms with E-state index in [0.717, 1.165) is 36.4 Å². The lowest BCUT2D eigenvalue weighted by Crippen LogP contribution is -2.54. The minimum Gasteiger partial charge on any atom is -0.497 e. The summed E-state index contributed by atoms with van der Waals surface area (Å²) in [6.07, 6.45) is -3.27. The first kappa shape index (κ1) is 33.7. The minimum atomic E-state index is -4.84. The number of halogens is 3. The van der Waals surface area contributed by atoms with E-state index in [-0.39, 0.29) is 30.4 Å². The molecule has 1 aliphatic rings. The number of sulfonamides is 1. The van der Waals surface area contributed by atoms with Crippen molar-refractivity contribution in [1.82, 2.24) is 14.5 Å². The van der Waals surface area contributed by atoms with E-state index in [1.54, 1.807) is 18.9 Å². The van der Waals surface area contributed by atoms with Gasteiger partial charge in [0.05, 0.1) is 12.0 Å². The van der Waals surface area contributed by atoms with E-state index >= 15 is 0 Å². The van der Waals surface area contributed by atoms with Crippen molar-refractivity contribution in [3.05, 3.63) is 54.1 Å². The first-order valence-corrected chi connectivity index (χ1v) is 13.7. The summed E-state index contributed by atoms with van der Waals surface area (Å²) in [6.45, 7) is 8.43. The van der Waals surface area contributed by atoms with Gasteiger partial charge in [-0.2, -0.15) is 4.31 Å². The first-order chi connectivity index (χ1) is 18.4. The van der Waals surface area contributed by atoms with Crippen LogP contribution >= 0.6 is 0 Å². The van der Waals surface area contributed by atoms with Crippen molar-refractivity contribution in [2.24, 2.45) is 0 Å². The van der Waals surface area contributed by atoms with Crippen LogP contribution in [0.2, 0.25) is 0 Å². The third-order valence-corrected chi connectivity index (χ3v) is 7.50. The summed E-state index contributed by atoms with van der Waals surface area (Å²) in [6, 6.07) is 11.4. The summed E-state index contributed by atoms with van der Waals surface area (Å²) in [7, 11) is -2.22. The van der Waals surface area contributed by atoms with Gasteiger partial charge < -0.3 is 19.7 Å². The van der Waals surface area contributed by atoms with E-state index < -0.39 is 28.2 Å². The largest absolute Gasteiger partial charge is 0.573 e. The van der Waals surface area contributed by atoms with Crippen molar-refractivity contribution in [2.45, 2.75) is 51.4 Å². The maximum atomic E-state index is 12.6. The van der Waals surface area contributed by atoms with Crippen LogP contribution in [0, 0.1) is 0 Å². The molecule has 13 heteroatoms. The lowest BCUT2D eigenvalue weighted by Gasteiger charge is -2.38. The Balaban J connectivity index is 0.000000428. The zero-order valence-corrected chi connectivity index (χ0v) is 23.5. The highest BCUT2D eigenvalue weighted by atomic mass is 32.2. The number of ether oxygens (including phenoxy) is 2. The number of amides is 2. The van der Waals surface area contributed by atoms with Crippen molar-refractivity contribution in [1.29, 1.82) is 0 Å². The van der Waals surface area contributed by atoms with Crippen LogP contribution in [0.5, 0.6) is 11.5 Å². The Morgan fingerprint density at radius 1 is 1.05 bits per heavy atom. The molecule has 1 aliphatic heterocycles. The number of carbonyl (C=O) groups is 2. The van der Waals surface area contributed by atoms with Crippen molar-refractivity contribution in [3.8, 4) is 11.5 Å². The van der Waals surface area contributed by atoms with Crippen molar-refractivity contribution in [2.75, 3.05) is 33.3 Å². The topological polar surface area (TPSA) is 105 Å². The van der Waals surface area contributed by atoms with Crippen LogP contribution in [0.3, 0.4) is 0 Å². The minimum absolute atomic E-state index is 0.125. The number of hydrogen-bond acceptors (Lipinski definition) is 6. The van der Waals surface area contributed by atoms with Crippen LogP contribution in [0.1, 0.15) is 33.3 Å². The number of carbonyl (C=O) groups excluding carboxylic acids is 2. The van der Waals surface area contributed by atoms with Gasteiger partial charge in [-0.3, -0.25) is 9.59 Å². The van der Waals surface area contributed by atoms with Gasteiger partial charge in [-0.25, -0.2) is 8.42 Å². The molecule has 0 spiro atoms. The molecule has 0 unspecified atom stereocenters. The fourth-order valence-corrected chi connectivity index (χ4v) is 5.21. The number of benzene rings is 2. The molecule has 1 saturated heterocycles. The van der Waals surface area contributed by atoms with Gasteiger partial charge >= 0.3 is 6.36 Å². The molecule has 1 heterocycles. The Morgan fingerprint density at radius 2 is 1.62 bits per heavy atom. The molecule has 39 heavy (non-hydrogen) atoms. The van der Waals surface area contributed by atoms with E-state index in [9.17, 15) is 31.2 Å². The molecule has 1 N–H and O–H groups in total. The van der Waals surface area contributed by atoms with E-state index in [4.69, 9.17) is 4.74 Å². The third kappa shape index (κ3) is 11.1. The molecule has 9 nitrogen and oxygen atoms in total. The molecule has 218 valence electrons. The normalized spacial score (nSPS) is 15.6. The average Bonchev–Trinajstić information content (AvgIpc) is 2.90. The van der Waals surface area contributed by atoms with Gasteiger partial charge in [0.1, 0.15) is 11.5 Å². The van der Waals surface area contributed by atoms with Crippen molar-refractivity contribution < 1.29 is 40.7 Å². The number of piperazine rings is 1. The Labute approximate surface area is 227 Å². The van der Waals surface area contributed by atoms with Gasteiger partial charge in [0.2, 0.25) is 22.3 Å². The van der Waals surface area contributed by atoms with Gasteiger partial charge in [0.15, 0.2) is 0 Å². The second-order valence-electron chi connectivity index (χ2n) is 8.12. The molecular weight excluding hydrogens is 539 g/mol. The standard InChI is InChI=1S/C14H17F3N2O4S.C10H13NO2.C2H6/c1-10-9-18(11(2)20)7-8-19(10)24(21,22)13-5-3-12(4-6-13)23-14(15,16)17;1-13-10-4-2-9(3-5-10)6-7-11-8-12;1-2/h3-6,10H,7-9H2,1-2H3;2-5,8H,6-7H2,1H3,(H,11,12);1-2H3/t10-;;/m0../s1. The summed E-state index contributed by atoms with van der Waals surface area (Å²) in [5, 5.41) is 2.61. The third-order valence-electron chi connectivity index (χ3n) is 5.48. The van der Waals surface area contributed by atoms with Crippen LogP contribution in [0.25, 0.3) is 0 Å². The van der Waals surface area contributed by atoms with E-state index in [0.29, 0.717) is 13.0 Å². The van der Waals surface area contributed by atoms with E-state index in [2.05, 4.69) is 10.1 Å². The van der Waals surface area contributed by atoms with Crippen LogP contribution < -0.4 is 14.8 Å². The second-order valence-corrected chi connectivity index (χ2v) is 10.0. The van der Waals surface area contributed by atoms with Crippen LogP contribution in [0.15, 0.2) is 53.4 Å². The fourth-order valence-electron chi connectivity index (χ4n) is 3.60. The molecule has 1 atom stereocenters. The maximum Gasteiger partial charge on any atom is 0.573 e. The predicted molar refractivity (Wildman–Crippen MR) is 141 cm³/mol. The smallest absolute Gasteiger partial charge is 0.497 e. The summed E-state index contributed by atoms with van der Waals surface area (Å²) < 4.78 is 71.7. The average molecular weight is 576 g/mol. The molecule has 0 radical (unpaired) electrons. The molecule has 0 bridgehead atoms. The fraction of sp³-hybridized carbons (Fsp3) is 0.462. The highest BCUT2D eigenvalue weighted by Gasteiger charge is 2.35. The first-order valence-electron chi connectivity index (χ1n) is 12.3. The molecule has 2 aromatic carbocycles. The molecule has 2 aromatic rings. The summed E-state index contributed by atoms with van der Waals surface area (Å²) >= 11 is 0. The van der Waals surface area contributed by atoms with Gasteiger partial charge in [-0.1, -0.05) is 26.0 Å². The molecule has 0 saturated carbocycles. The Morgan fingerprint density at radius 3 is 2.08 bits per heavy atom. The number of hydrogen-bond donors (Lipinski definition) is 1. The highest BCUT2D eigenvalue weighted by Crippen LogP contribution is 2.26. The van der Waals surface area contributed by atoms with Crippen molar-refractivity contribution in [3.63, 3.8) is 0 Å². The van der Waals surface area contributed by atoms with Crippen LogP contribution in [0.4, 0.5) is 13.2 Å². The second kappa shape index (κ2) is 15.9. The number of alkyl halides is 3. The highest BCUT2D eigenvalue weighted by molar-refractivity contribution is 7.89. The summed E-state index contributed by atoms with van der Waals surface area (Å²) in [4.78, 5) is 22.8.